The molecule has 1 heterocycles. The van der Waals surface area contributed by atoms with Gasteiger partial charge in [-0.3, -0.25) is 0 Å². The molecule has 2 aromatic carbocycles. The Kier molecular flexibility index (Phi) is 5.38. The van der Waals surface area contributed by atoms with Gasteiger partial charge >= 0.3 is 0 Å². The molecule has 0 aliphatic heterocycles. The van der Waals surface area contributed by atoms with Gasteiger partial charge in [-0.05, 0) is 43.3 Å². The van der Waals surface area contributed by atoms with Crippen LogP contribution in [0.1, 0.15) is 12.8 Å². The zero-order chi connectivity index (χ0) is 16.8. The first-order valence-electron chi connectivity index (χ1n) is 7.61. The molecule has 0 amide bonds. The Balaban J connectivity index is 1.63. The number of rotatable bonds is 7. The molecule has 0 aliphatic rings. The summed E-state index contributed by atoms with van der Waals surface area (Å²) in [5, 5.41) is 4.04. The van der Waals surface area contributed by atoms with E-state index in [-0.39, 0.29) is 0 Å². The molecule has 5 nitrogen and oxygen atoms in total. The molecule has 1 aromatic heterocycles. The molecule has 0 spiro atoms. The van der Waals surface area contributed by atoms with Crippen molar-refractivity contribution in [1.82, 2.24) is 10.1 Å². The van der Waals surface area contributed by atoms with Gasteiger partial charge in [-0.2, -0.15) is 4.98 Å². The third-order valence-electron chi connectivity index (χ3n) is 3.29. The highest BCUT2D eigenvalue weighted by Gasteiger charge is 2.10. The molecule has 0 aliphatic carbocycles. The number of ether oxygens (including phenoxy) is 2. The lowest BCUT2D eigenvalue weighted by Crippen LogP contribution is -1.90. The first-order valence-corrected chi connectivity index (χ1v) is 8.59. The lowest BCUT2D eigenvalue weighted by molar-refractivity contribution is 0.340. The molecule has 3 aromatic rings. The molecule has 0 saturated heterocycles. The summed E-state index contributed by atoms with van der Waals surface area (Å²) >= 11 is 1.64. The fourth-order valence-electron chi connectivity index (χ4n) is 2.14. The summed E-state index contributed by atoms with van der Waals surface area (Å²) in [5.74, 6) is 3.41. The van der Waals surface area contributed by atoms with Crippen molar-refractivity contribution in [3.05, 3.63) is 54.4 Å². The molecule has 3 rings (SSSR count). The van der Waals surface area contributed by atoms with E-state index < -0.39 is 0 Å². The SMILES string of the molecule is CCOc1ccc(SCc2nc(-c3cccc(OC)c3)no2)cc1. The van der Waals surface area contributed by atoms with Crippen molar-refractivity contribution >= 4 is 11.8 Å². The van der Waals surface area contributed by atoms with Gasteiger partial charge in [0.1, 0.15) is 11.5 Å². The van der Waals surface area contributed by atoms with Crippen molar-refractivity contribution in [2.45, 2.75) is 17.6 Å². The molecule has 24 heavy (non-hydrogen) atoms. The second kappa shape index (κ2) is 7.88. The minimum Gasteiger partial charge on any atom is -0.497 e. The molecule has 0 atom stereocenters. The second-order valence-electron chi connectivity index (χ2n) is 4.94. The van der Waals surface area contributed by atoms with E-state index in [1.165, 1.54) is 0 Å². The van der Waals surface area contributed by atoms with E-state index in [0.717, 1.165) is 22.0 Å². The first kappa shape index (κ1) is 16.4. The smallest absolute Gasteiger partial charge is 0.237 e. The van der Waals surface area contributed by atoms with Crippen molar-refractivity contribution in [1.29, 1.82) is 0 Å². The molecular weight excluding hydrogens is 324 g/mol. The quantitative estimate of drug-likeness (QED) is 0.592. The Hall–Kier alpha value is -2.47. The van der Waals surface area contributed by atoms with Crippen LogP contribution in [-0.2, 0) is 5.75 Å². The maximum atomic E-state index is 5.43. The van der Waals surface area contributed by atoms with Gasteiger partial charge < -0.3 is 14.0 Å². The first-order chi connectivity index (χ1) is 11.8. The van der Waals surface area contributed by atoms with Crippen LogP contribution in [0.25, 0.3) is 11.4 Å². The van der Waals surface area contributed by atoms with Gasteiger partial charge in [0.15, 0.2) is 0 Å². The van der Waals surface area contributed by atoms with Crippen LogP contribution in [0.3, 0.4) is 0 Å². The molecule has 0 saturated carbocycles. The summed E-state index contributed by atoms with van der Waals surface area (Å²) in [6.07, 6.45) is 0. The lowest BCUT2D eigenvalue weighted by atomic mass is 10.2. The number of nitrogens with zero attached hydrogens (tertiary/aromatic N) is 2. The molecule has 0 radical (unpaired) electrons. The van der Waals surface area contributed by atoms with Crippen LogP contribution in [0.5, 0.6) is 11.5 Å². The lowest BCUT2D eigenvalue weighted by Gasteiger charge is -2.03. The maximum Gasteiger partial charge on any atom is 0.237 e. The molecule has 0 bridgehead atoms. The number of aromatic nitrogens is 2. The third-order valence-corrected chi connectivity index (χ3v) is 4.29. The van der Waals surface area contributed by atoms with Crippen LogP contribution in [0.4, 0.5) is 0 Å². The normalized spacial score (nSPS) is 10.6. The monoisotopic (exact) mass is 342 g/mol. The fourth-order valence-corrected chi connectivity index (χ4v) is 2.87. The van der Waals surface area contributed by atoms with Crippen LogP contribution >= 0.6 is 11.8 Å². The van der Waals surface area contributed by atoms with Crippen molar-refractivity contribution in [3.63, 3.8) is 0 Å². The van der Waals surface area contributed by atoms with Gasteiger partial charge in [0.25, 0.3) is 0 Å². The maximum absolute atomic E-state index is 5.43. The van der Waals surface area contributed by atoms with E-state index in [4.69, 9.17) is 14.0 Å². The summed E-state index contributed by atoms with van der Waals surface area (Å²) in [6, 6.07) is 15.6. The van der Waals surface area contributed by atoms with E-state index in [1.807, 2.05) is 55.5 Å². The van der Waals surface area contributed by atoms with Crippen LogP contribution in [0.15, 0.2) is 57.9 Å². The Morgan fingerprint density at radius 3 is 2.67 bits per heavy atom. The average Bonchev–Trinajstić information content (AvgIpc) is 3.10. The van der Waals surface area contributed by atoms with Gasteiger partial charge in [-0.15, -0.1) is 11.8 Å². The zero-order valence-electron chi connectivity index (χ0n) is 13.6. The van der Waals surface area contributed by atoms with Gasteiger partial charge in [-0.1, -0.05) is 17.3 Å². The Morgan fingerprint density at radius 2 is 1.92 bits per heavy atom. The van der Waals surface area contributed by atoms with Gasteiger partial charge in [0.05, 0.1) is 19.5 Å². The molecular formula is C18H18N2O3S. The van der Waals surface area contributed by atoms with Crippen LogP contribution < -0.4 is 9.47 Å². The summed E-state index contributed by atoms with van der Waals surface area (Å²) < 4.78 is 16.0. The largest absolute Gasteiger partial charge is 0.497 e. The second-order valence-corrected chi connectivity index (χ2v) is 5.99. The highest BCUT2D eigenvalue weighted by molar-refractivity contribution is 7.98. The number of hydrogen-bond acceptors (Lipinski definition) is 6. The summed E-state index contributed by atoms with van der Waals surface area (Å²) in [7, 11) is 1.63. The molecule has 0 fully saturated rings. The van der Waals surface area contributed by atoms with Crippen LogP contribution in [-0.4, -0.2) is 23.9 Å². The van der Waals surface area contributed by atoms with Gasteiger partial charge in [0.2, 0.25) is 11.7 Å². The highest BCUT2D eigenvalue weighted by Crippen LogP contribution is 2.26. The predicted molar refractivity (Wildman–Crippen MR) is 93.5 cm³/mol. The van der Waals surface area contributed by atoms with Crippen molar-refractivity contribution in [2.24, 2.45) is 0 Å². The van der Waals surface area contributed by atoms with Crippen LogP contribution in [0.2, 0.25) is 0 Å². The number of thioether (sulfide) groups is 1. The minimum atomic E-state index is 0.566. The van der Waals surface area contributed by atoms with Crippen molar-refractivity contribution in [3.8, 4) is 22.9 Å². The zero-order valence-corrected chi connectivity index (χ0v) is 14.4. The molecule has 0 N–H and O–H groups in total. The van der Waals surface area contributed by atoms with E-state index in [9.17, 15) is 0 Å². The fraction of sp³-hybridized carbons (Fsp3) is 0.222. The Morgan fingerprint density at radius 1 is 1.08 bits per heavy atom. The van der Waals surface area contributed by atoms with Crippen molar-refractivity contribution in [2.75, 3.05) is 13.7 Å². The highest BCUT2D eigenvalue weighted by atomic mass is 32.2. The molecule has 6 heteroatoms. The summed E-state index contributed by atoms with van der Waals surface area (Å²) in [6.45, 7) is 2.64. The number of benzene rings is 2. The van der Waals surface area contributed by atoms with Crippen molar-refractivity contribution < 1.29 is 14.0 Å². The van der Waals surface area contributed by atoms with E-state index >= 15 is 0 Å². The number of hydrogen-bond donors (Lipinski definition) is 0. The Bertz CT molecular complexity index is 787. The topological polar surface area (TPSA) is 57.4 Å². The molecule has 124 valence electrons. The predicted octanol–water partition coefficient (Wildman–Crippen LogP) is 4.44. The minimum absolute atomic E-state index is 0.566. The Labute approximate surface area is 145 Å². The van der Waals surface area contributed by atoms with E-state index in [1.54, 1.807) is 18.9 Å². The summed E-state index contributed by atoms with van der Waals surface area (Å²) in [5.41, 5.74) is 0.871. The standard InChI is InChI=1S/C18H18N2O3S/c1-3-22-14-7-9-16(10-8-14)24-12-17-19-18(20-23-17)13-5-4-6-15(11-13)21-2/h4-11H,3,12H2,1-2H3. The third kappa shape index (κ3) is 4.08. The number of methoxy groups -OCH3 is 1. The van der Waals surface area contributed by atoms with E-state index in [2.05, 4.69) is 10.1 Å². The van der Waals surface area contributed by atoms with Gasteiger partial charge in [0, 0.05) is 10.5 Å². The van der Waals surface area contributed by atoms with Crippen LogP contribution in [0, 0.1) is 0 Å². The average molecular weight is 342 g/mol. The van der Waals surface area contributed by atoms with Gasteiger partial charge in [-0.25, -0.2) is 0 Å². The summed E-state index contributed by atoms with van der Waals surface area (Å²) in [4.78, 5) is 5.56. The molecule has 0 unspecified atom stereocenters. The van der Waals surface area contributed by atoms with E-state index in [0.29, 0.717) is 24.1 Å².